The van der Waals surface area contributed by atoms with Crippen molar-refractivity contribution in [3.05, 3.63) is 85.2 Å². The Morgan fingerprint density at radius 1 is 0.696 bits per heavy atom. The van der Waals surface area contributed by atoms with Gasteiger partial charge in [-0.2, -0.15) is 0 Å². The molecule has 0 N–H and O–H groups in total. The van der Waals surface area contributed by atoms with Crippen LogP contribution in [0.3, 0.4) is 0 Å². The highest BCUT2D eigenvalue weighted by Crippen LogP contribution is 2.26. The molecule has 0 atom stereocenters. The normalized spacial score (nSPS) is 11.5. The summed E-state index contributed by atoms with van der Waals surface area (Å²) in [5.41, 5.74) is 3.16. The van der Waals surface area contributed by atoms with E-state index in [1.54, 1.807) is 0 Å². The Labute approximate surface area is 133 Å². The van der Waals surface area contributed by atoms with Gasteiger partial charge in [-0.1, -0.05) is 60.7 Å². The summed E-state index contributed by atoms with van der Waals surface area (Å²) >= 11 is 0. The first-order valence-electron chi connectivity index (χ1n) is 7.74. The highest BCUT2D eigenvalue weighted by Gasteiger charge is 2.07. The maximum Gasteiger partial charge on any atom is 0.145 e. The Kier molecular flexibility index (Phi) is 2.53. The molecule has 0 aliphatic heterocycles. The average molecular weight is 294 g/mol. The van der Waals surface area contributed by atoms with Gasteiger partial charge in [0.2, 0.25) is 0 Å². The SMILES string of the molecule is c1ccc2cc(-c3cn4ccc5ccccc5c4n3)ccc2c1. The van der Waals surface area contributed by atoms with E-state index in [4.69, 9.17) is 4.98 Å². The maximum absolute atomic E-state index is 4.88. The first-order chi connectivity index (χ1) is 11.4. The number of hydrogen-bond donors (Lipinski definition) is 0. The third-order valence-electron chi connectivity index (χ3n) is 4.39. The van der Waals surface area contributed by atoms with Crippen LogP contribution in [0.5, 0.6) is 0 Å². The molecule has 2 aromatic heterocycles. The van der Waals surface area contributed by atoms with Crippen molar-refractivity contribution in [3.8, 4) is 11.3 Å². The van der Waals surface area contributed by atoms with Gasteiger partial charge in [0.15, 0.2) is 0 Å². The van der Waals surface area contributed by atoms with Gasteiger partial charge in [0.1, 0.15) is 5.65 Å². The maximum atomic E-state index is 4.88. The molecule has 2 heteroatoms. The Balaban J connectivity index is 1.76. The number of nitrogens with zero attached hydrogens (tertiary/aromatic N) is 2. The summed E-state index contributed by atoms with van der Waals surface area (Å²) < 4.78 is 2.10. The summed E-state index contributed by atoms with van der Waals surface area (Å²) in [7, 11) is 0. The Morgan fingerprint density at radius 2 is 1.48 bits per heavy atom. The average Bonchev–Trinajstić information content (AvgIpc) is 3.06. The van der Waals surface area contributed by atoms with Gasteiger partial charge in [-0.15, -0.1) is 0 Å². The van der Waals surface area contributed by atoms with Crippen molar-refractivity contribution < 1.29 is 0 Å². The summed E-state index contributed by atoms with van der Waals surface area (Å²) in [6.07, 6.45) is 4.18. The molecule has 0 unspecified atom stereocenters. The lowest BCUT2D eigenvalue weighted by Gasteiger charge is -2.00. The van der Waals surface area contributed by atoms with Crippen LogP contribution in [-0.4, -0.2) is 9.38 Å². The monoisotopic (exact) mass is 294 g/mol. The quantitative estimate of drug-likeness (QED) is 0.409. The fourth-order valence-corrected chi connectivity index (χ4v) is 3.20. The van der Waals surface area contributed by atoms with E-state index in [2.05, 4.69) is 89.6 Å². The fourth-order valence-electron chi connectivity index (χ4n) is 3.20. The first-order valence-corrected chi connectivity index (χ1v) is 7.74. The van der Waals surface area contributed by atoms with Gasteiger partial charge in [0.25, 0.3) is 0 Å². The van der Waals surface area contributed by atoms with Crippen LogP contribution < -0.4 is 0 Å². The second-order valence-electron chi connectivity index (χ2n) is 5.82. The van der Waals surface area contributed by atoms with Crippen LogP contribution in [0.1, 0.15) is 0 Å². The minimum absolute atomic E-state index is 1.01. The molecular formula is C21H14N2. The Morgan fingerprint density at radius 3 is 2.39 bits per heavy atom. The summed E-state index contributed by atoms with van der Waals surface area (Å²) in [6.45, 7) is 0. The van der Waals surface area contributed by atoms with Gasteiger partial charge >= 0.3 is 0 Å². The molecule has 0 saturated heterocycles. The summed E-state index contributed by atoms with van der Waals surface area (Å²) in [4.78, 5) is 4.88. The molecule has 5 rings (SSSR count). The van der Waals surface area contributed by atoms with Crippen LogP contribution in [0.15, 0.2) is 85.2 Å². The lowest BCUT2D eigenvalue weighted by Crippen LogP contribution is -1.83. The topological polar surface area (TPSA) is 17.3 Å². The molecule has 0 aliphatic carbocycles. The van der Waals surface area contributed by atoms with Crippen molar-refractivity contribution >= 4 is 27.2 Å². The number of fused-ring (bicyclic) bond motifs is 4. The molecular weight excluding hydrogens is 280 g/mol. The molecule has 0 saturated carbocycles. The van der Waals surface area contributed by atoms with Crippen LogP contribution in [0.4, 0.5) is 0 Å². The smallest absolute Gasteiger partial charge is 0.145 e. The first kappa shape index (κ1) is 12.4. The highest BCUT2D eigenvalue weighted by atomic mass is 15.0. The van der Waals surface area contributed by atoms with Crippen molar-refractivity contribution in [2.75, 3.05) is 0 Å². The van der Waals surface area contributed by atoms with E-state index in [0.717, 1.165) is 16.9 Å². The molecule has 2 heterocycles. The van der Waals surface area contributed by atoms with Crippen molar-refractivity contribution in [2.45, 2.75) is 0 Å². The lowest BCUT2D eigenvalue weighted by molar-refractivity contribution is 1.20. The zero-order valence-corrected chi connectivity index (χ0v) is 12.5. The number of hydrogen-bond acceptors (Lipinski definition) is 1. The molecule has 0 radical (unpaired) electrons. The second-order valence-corrected chi connectivity index (χ2v) is 5.82. The molecule has 2 nitrogen and oxygen atoms in total. The minimum atomic E-state index is 1.01. The lowest BCUT2D eigenvalue weighted by atomic mass is 10.1. The number of imidazole rings is 1. The largest absolute Gasteiger partial charge is 0.306 e. The highest BCUT2D eigenvalue weighted by molar-refractivity contribution is 5.95. The Hall–Kier alpha value is -3.13. The molecule has 108 valence electrons. The predicted molar refractivity (Wildman–Crippen MR) is 95.6 cm³/mol. The second kappa shape index (κ2) is 4.68. The van der Waals surface area contributed by atoms with Crippen LogP contribution >= 0.6 is 0 Å². The third-order valence-corrected chi connectivity index (χ3v) is 4.39. The van der Waals surface area contributed by atoms with E-state index in [9.17, 15) is 0 Å². The molecule has 0 amide bonds. The molecule has 3 aromatic carbocycles. The number of pyridine rings is 1. The number of benzene rings is 3. The van der Waals surface area contributed by atoms with Crippen molar-refractivity contribution in [3.63, 3.8) is 0 Å². The van der Waals surface area contributed by atoms with Crippen molar-refractivity contribution in [1.29, 1.82) is 0 Å². The summed E-state index contributed by atoms with van der Waals surface area (Å²) in [6, 6.07) is 25.4. The van der Waals surface area contributed by atoms with Gasteiger partial charge in [-0.3, -0.25) is 0 Å². The Bertz CT molecular complexity index is 1170. The molecule has 0 bridgehead atoms. The van der Waals surface area contributed by atoms with E-state index in [-0.39, 0.29) is 0 Å². The molecule has 0 spiro atoms. The number of aromatic nitrogens is 2. The van der Waals surface area contributed by atoms with E-state index < -0.39 is 0 Å². The molecule has 0 aliphatic rings. The summed E-state index contributed by atoms with van der Waals surface area (Å²) in [5.74, 6) is 0. The molecule has 5 aromatic rings. The summed E-state index contributed by atoms with van der Waals surface area (Å²) in [5, 5.41) is 4.90. The van der Waals surface area contributed by atoms with E-state index >= 15 is 0 Å². The van der Waals surface area contributed by atoms with Crippen LogP contribution in [0.2, 0.25) is 0 Å². The van der Waals surface area contributed by atoms with E-state index in [1.807, 2.05) is 0 Å². The van der Waals surface area contributed by atoms with E-state index in [0.29, 0.717) is 0 Å². The van der Waals surface area contributed by atoms with Gasteiger partial charge in [-0.05, 0) is 28.3 Å². The zero-order chi connectivity index (χ0) is 15.2. The van der Waals surface area contributed by atoms with Crippen LogP contribution in [0.25, 0.3) is 38.4 Å². The molecule has 23 heavy (non-hydrogen) atoms. The molecule has 0 fully saturated rings. The zero-order valence-electron chi connectivity index (χ0n) is 12.5. The fraction of sp³-hybridized carbons (Fsp3) is 0. The predicted octanol–water partition coefficient (Wildman–Crippen LogP) is 5.31. The third kappa shape index (κ3) is 1.92. The number of rotatable bonds is 1. The standard InChI is InChI=1S/C21H14N2/c1-2-7-17-13-18(10-9-15(17)5-1)20-14-23-12-11-16-6-3-4-8-19(16)21(23)22-20/h1-14H. The van der Waals surface area contributed by atoms with Gasteiger partial charge in [0, 0.05) is 23.3 Å². The van der Waals surface area contributed by atoms with Gasteiger partial charge in [0.05, 0.1) is 5.69 Å². The van der Waals surface area contributed by atoms with Crippen molar-refractivity contribution in [1.82, 2.24) is 9.38 Å². The minimum Gasteiger partial charge on any atom is -0.306 e. The van der Waals surface area contributed by atoms with Crippen molar-refractivity contribution in [2.24, 2.45) is 0 Å². The van der Waals surface area contributed by atoms with Gasteiger partial charge < -0.3 is 4.40 Å². The van der Waals surface area contributed by atoms with E-state index in [1.165, 1.54) is 21.5 Å². The van der Waals surface area contributed by atoms with Crippen LogP contribution in [0, 0.1) is 0 Å². The van der Waals surface area contributed by atoms with Crippen LogP contribution in [-0.2, 0) is 0 Å². The van der Waals surface area contributed by atoms with Gasteiger partial charge in [-0.25, -0.2) is 4.98 Å².